The molecule has 248 valence electrons. The van der Waals surface area contributed by atoms with Crippen LogP contribution in [0.1, 0.15) is 82.1 Å². The van der Waals surface area contributed by atoms with E-state index in [1.807, 2.05) is 98.3 Å². The van der Waals surface area contributed by atoms with Crippen LogP contribution in [0, 0.1) is 0 Å². The Balaban J connectivity index is 1.49. The normalized spacial score (nSPS) is 15.4. The molecule has 3 N–H and O–H groups in total. The van der Waals surface area contributed by atoms with Gasteiger partial charge < -0.3 is 19.9 Å². The van der Waals surface area contributed by atoms with Gasteiger partial charge in [0.15, 0.2) is 0 Å². The van der Waals surface area contributed by atoms with E-state index in [1.165, 1.54) is 6.42 Å². The smallest absolute Gasteiger partial charge is 0.407 e. The summed E-state index contributed by atoms with van der Waals surface area (Å²) in [6.45, 7) is 5.60. The van der Waals surface area contributed by atoms with E-state index in [0.717, 1.165) is 48.6 Å². The number of sulfonamides is 1. The highest BCUT2D eigenvalue weighted by Gasteiger charge is 2.27. The van der Waals surface area contributed by atoms with E-state index in [2.05, 4.69) is 5.32 Å². The molecule has 1 saturated carbocycles. The van der Waals surface area contributed by atoms with Gasteiger partial charge in [-0.15, -0.1) is 0 Å². The molecule has 3 aromatic carbocycles. The fraction of sp³-hybridized carbons (Fsp3) is 0.444. The Hall–Kier alpha value is -3.89. The van der Waals surface area contributed by atoms with Gasteiger partial charge >= 0.3 is 6.09 Å². The van der Waals surface area contributed by atoms with Gasteiger partial charge in [0, 0.05) is 11.1 Å². The van der Waals surface area contributed by atoms with E-state index in [9.17, 15) is 23.1 Å². The number of ether oxygens (including phenoxy) is 2. The van der Waals surface area contributed by atoms with Crippen LogP contribution < -0.4 is 14.8 Å². The molecule has 1 aliphatic carbocycles. The van der Waals surface area contributed by atoms with Gasteiger partial charge in [-0.2, -0.15) is 0 Å². The Bertz CT molecular complexity index is 1560. The van der Waals surface area contributed by atoms with Crippen molar-refractivity contribution in [3.05, 3.63) is 89.5 Å². The molecule has 2 amide bonds. The van der Waals surface area contributed by atoms with Crippen LogP contribution >= 0.6 is 0 Å². The quantitative estimate of drug-likeness (QED) is 0.211. The van der Waals surface area contributed by atoms with Gasteiger partial charge in [0.2, 0.25) is 15.9 Å². The van der Waals surface area contributed by atoms with E-state index >= 15 is 0 Å². The van der Waals surface area contributed by atoms with E-state index < -0.39 is 39.8 Å². The lowest BCUT2D eigenvalue weighted by Crippen LogP contribution is -2.43. The second-order valence-corrected chi connectivity index (χ2v) is 14.8. The van der Waals surface area contributed by atoms with Gasteiger partial charge in [0.1, 0.15) is 18.0 Å². The van der Waals surface area contributed by atoms with Crippen molar-refractivity contribution in [2.45, 2.75) is 96.0 Å². The monoisotopic (exact) mass is 650 g/mol. The van der Waals surface area contributed by atoms with Gasteiger partial charge in [-0.25, -0.2) is 13.2 Å². The molecule has 2 atom stereocenters. The predicted molar refractivity (Wildman–Crippen MR) is 179 cm³/mol. The summed E-state index contributed by atoms with van der Waals surface area (Å²) in [5.41, 5.74) is 3.70. The lowest BCUT2D eigenvalue weighted by Gasteiger charge is -2.27. The standard InChI is InChI=1S/C36H46N2O7S/c1-36(2,3)37-35(41)45-31(34(40)27-11-7-5-8-12-27)22-17-25-15-18-26(19-16-25)28-20-21-29(24-33(39)38-46(4,42)43)32(23-28)44-30-13-9-6-10-14-30/h5,7-8,11-12,15-16,18-21,23,30-31,34,40H,6,9-10,13-14,17,22,24H2,1-4H3,(H,37,41)(H,38,39)/t31?,34-/m1/s1. The second-order valence-electron chi connectivity index (χ2n) is 13.1. The lowest BCUT2D eigenvalue weighted by molar-refractivity contribution is -0.118. The molecular formula is C36H46N2O7S. The Morgan fingerprint density at radius 1 is 0.935 bits per heavy atom. The number of aryl methyl sites for hydroxylation is 1. The number of hydrogen-bond acceptors (Lipinski definition) is 7. The topological polar surface area (TPSA) is 131 Å². The molecular weight excluding hydrogens is 604 g/mol. The van der Waals surface area contributed by atoms with Crippen LogP contribution in [0.4, 0.5) is 4.79 Å². The van der Waals surface area contributed by atoms with Crippen LogP contribution in [-0.2, 0) is 32.4 Å². The fourth-order valence-corrected chi connectivity index (χ4v) is 6.05. The summed E-state index contributed by atoms with van der Waals surface area (Å²) in [6, 6.07) is 22.8. The minimum absolute atomic E-state index is 0.0509. The highest BCUT2D eigenvalue weighted by molar-refractivity contribution is 7.89. The highest BCUT2D eigenvalue weighted by atomic mass is 32.2. The Morgan fingerprint density at radius 2 is 1.59 bits per heavy atom. The summed E-state index contributed by atoms with van der Waals surface area (Å²) in [5, 5.41) is 13.9. The summed E-state index contributed by atoms with van der Waals surface area (Å²) in [5.74, 6) is -0.0239. The number of nitrogens with one attached hydrogen (secondary N) is 2. The Labute approximate surface area is 272 Å². The van der Waals surface area contributed by atoms with Crippen LogP contribution in [0.15, 0.2) is 72.8 Å². The zero-order valence-corrected chi connectivity index (χ0v) is 27.9. The first-order valence-corrected chi connectivity index (χ1v) is 17.8. The molecule has 4 rings (SSSR count). The van der Waals surface area contributed by atoms with Crippen molar-refractivity contribution in [1.29, 1.82) is 0 Å². The van der Waals surface area contributed by atoms with Gasteiger partial charge in [-0.1, -0.05) is 73.2 Å². The minimum atomic E-state index is -3.66. The van der Waals surface area contributed by atoms with Crippen LogP contribution in [0.25, 0.3) is 11.1 Å². The number of rotatable bonds is 12. The van der Waals surface area contributed by atoms with Crippen LogP contribution in [0.2, 0.25) is 0 Å². The van der Waals surface area contributed by atoms with Gasteiger partial charge in [0.05, 0.1) is 18.8 Å². The van der Waals surface area contributed by atoms with Crippen molar-refractivity contribution in [1.82, 2.24) is 10.0 Å². The molecule has 1 aliphatic rings. The molecule has 46 heavy (non-hydrogen) atoms. The number of aliphatic hydroxyl groups excluding tert-OH is 1. The molecule has 1 unspecified atom stereocenters. The van der Waals surface area contributed by atoms with E-state index in [0.29, 0.717) is 29.7 Å². The molecule has 9 nitrogen and oxygen atoms in total. The molecule has 0 bridgehead atoms. The number of carbonyl (C=O) groups is 2. The van der Waals surface area contributed by atoms with Crippen molar-refractivity contribution in [3.63, 3.8) is 0 Å². The fourth-order valence-electron chi connectivity index (χ4n) is 5.56. The first-order valence-electron chi connectivity index (χ1n) is 15.9. The number of benzene rings is 3. The molecule has 0 saturated heterocycles. The molecule has 0 spiro atoms. The SMILES string of the molecule is CC(C)(C)NC(=O)OC(CCc1ccc(-c2ccc(CC(=O)NS(C)(=O)=O)c(OC3CCCCC3)c2)cc1)[C@H](O)c1ccccc1. The van der Waals surface area contributed by atoms with Gasteiger partial charge in [0.25, 0.3) is 0 Å². The third-order valence-electron chi connectivity index (χ3n) is 7.80. The maximum absolute atomic E-state index is 12.6. The lowest BCUT2D eigenvalue weighted by atomic mass is 9.96. The van der Waals surface area contributed by atoms with E-state index in [1.54, 1.807) is 0 Å². The summed E-state index contributed by atoms with van der Waals surface area (Å²) >= 11 is 0. The Kier molecular flexibility index (Phi) is 11.9. The number of aliphatic hydroxyl groups is 1. The van der Waals surface area contributed by atoms with Crippen molar-refractivity contribution in [3.8, 4) is 16.9 Å². The average Bonchev–Trinajstić information content (AvgIpc) is 2.99. The molecule has 10 heteroatoms. The summed E-state index contributed by atoms with van der Waals surface area (Å²) in [7, 11) is -3.66. The summed E-state index contributed by atoms with van der Waals surface area (Å²) in [6.07, 6.45) is 4.81. The van der Waals surface area contributed by atoms with Crippen LogP contribution in [0.5, 0.6) is 5.75 Å². The van der Waals surface area contributed by atoms with Crippen molar-refractivity contribution >= 4 is 22.0 Å². The molecule has 0 radical (unpaired) electrons. The highest BCUT2D eigenvalue weighted by Crippen LogP contribution is 2.32. The van der Waals surface area contributed by atoms with E-state index in [-0.39, 0.29) is 12.5 Å². The Morgan fingerprint density at radius 3 is 2.22 bits per heavy atom. The zero-order valence-electron chi connectivity index (χ0n) is 27.1. The number of hydrogen-bond donors (Lipinski definition) is 3. The van der Waals surface area contributed by atoms with Gasteiger partial charge in [-0.05, 0) is 87.6 Å². The molecule has 0 aromatic heterocycles. The van der Waals surface area contributed by atoms with Gasteiger partial charge in [-0.3, -0.25) is 9.52 Å². The van der Waals surface area contributed by atoms with Crippen molar-refractivity contribution < 1.29 is 32.6 Å². The average molecular weight is 651 g/mol. The second kappa shape index (κ2) is 15.6. The maximum Gasteiger partial charge on any atom is 0.407 e. The van der Waals surface area contributed by atoms with Crippen LogP contribution in [0.3, 0.4) is 0 Å². The maximum atomic E-state index is 12.6. The molecule has 0 heterocycles. The molecule has 1 fully saturated rings. The first-order chi connectivity index (χ1) is 21.8. The summed E-state index contributed by atoms with van der Waals surface area (Å²) in [4.78, 5) is 25.0. The third-order valence-corrected chi connectivity index (χ3v) is 8.40. The minimum Gasteiger partial charge on any atom is -0.490 e. The summed E-state index contributed by atoms with van der Waals surface area (Å²) < 4.78 is 37.3. The zero-order chi connectivity index (χ0) is 33.3. The van der Waals surface area contributed by atoms with E-state index in [4.69, 9.17) is 9.47 Å². The first kappa shape index (κ1) is 35.0. The number of amides is 2. The number of carbonyl (C=O) groups excluding carboxylic acids is 2. The largest absolute Gasteiger partial charge is 0.490 e. The van der Waals surface area contributed by atoms with Crippen molar-refractivity contribution in [2.75, 3.05) is 6.26 Å². The molecule has 3 aromatic rings. The third kappa shape index (κ3) is 11.2. The number of alkyl carbamates (subject to hydrolysis) is 1. The molecule has 0 aliphatic heterocycles. The predicted octanol–water partition coefficient (Wildman–Crippen LogP) is 6.24. The van der Waals surface area contributed by atoms with Crippen LogP contribution in [-0.4, -0.2) is 49.5 Å². The van der Waals surface area contributed by atoms with Crippen molar-refractivity contribution in [2.24, 2.45) is 0 Å².